The van der Waals surface area contributed by atoms with Crippen LogP contribution >= 0.6 is 12.6 Å². The topological polar surface area (TPSA) is 159 Å². The molecule has 0 unspecified atom stereocenters. The summed E-state index contributed by atoms with van der Waals surface area (Å²) in [6.45, 7) is 9.77. The maximum atomic E-state index is 12.9. The summed E-state index contributed by atoms with van der Waals surface area (Å²) in [5.41, 5.74) is -0.769. The highest BCUT2D eigenvalue weighted by Crippen LogP contribution is 2.60. The van der Waals surface area contributed by atoms with Gasteiger partial charge in [0.05, 0.1) is 6.42 Å². The van der Waals surface area contributed by atoms with Gasteiger partial charge in [-0.15, -0.1) is 0 Å². The molecular formula is C28H44N2O10S. The van der Waals surface area contributed by atoms with Gasteiger partial charge < -0.3 is 30.0 Å². The molecule has 5 fully saturated rings. The van der Waals surface area contributed by atoms with E-state index in [4.69, 9.17) is 24.0 Å². The molecule has 3 N–H and O–H groups in total. The van der Waals surface area contributed by atoms with Gasteiger partial charge in [0.25, 0.3) is 0 Å². The number of hydrogen-bond acceptors (Lipinski definition) is 10. The summed E-state index contributed by atoms with van der Waals surface area (Å²) in [6, 6.07) is -2.13. The van der Waals surface area contributed by atoms with E-state index in [0.717, 1.165) is 19.3 Å². The first-order valence-electron chi connectivity index (χ1n) is 14.6. The summed E-state index contributed by atoms with van der Waals surface area (Å²) in [5.74, 6) is -3.57. The Morgan fingerprint density at radius 1 is 1.02 bits per heavy atom. The fourth-order valence-electron chi connectivity index (χ4n) is 6.84. The second-order valence-electron chi connectivity index (χ2n) is 12.6. The molecule has 13 heteroatoms. The van der Waals surface area contributed by atoms with E-state index < -0.39 is 59.8 Å². The first kappa shape index (κ1) is 32.0. The lowest BCUT2D eigenvalue weighted by atomic mass is 9.58. The minimum absolute atomic E-state index is 0.00612. The Labute approximate surface area is 246 Å². The molecule has 4 saturated heterocycles. The van der Waals surface area contributed by atoms with Crippen molar-refractivity contribution in [3.8, 4) is 0 Å². The summed E-state index contributed by atoms with van der Waals surface area (Å²) in [6.07, 6.45) is 1.67. The van der Waals surface area contributed by atoms with Crippen molar-refractivity contribution in [3.63, 3.8) is 0 Å². The lowest BCUT2D eigenvalue weighted by Crippen LogP contribution is -2.70. The van der Waals surface area contributed by atoms with Crippen LogP contribution in [0.2, 0.25) is 0 Å². The number of fused-ring (bicyclic) bond motifs is 2. The Morgan fingerprint density at radius 2 is 1.76 bits per heavy atom. The van der Waals surface area contributed by atoms with Crippen molar-refractivity contribution >= 4 is 36.4 Å². The highest BCUT2D eigenvalue weighted by Gasteiger charge is 2.69. The molecule has 1 spiro atoms. The molecule has 2 amide bonds. The van der Waals surface area contributed by atoms with Gasteiger partial charge in [-0.1, -0.05) is 27.7 Å². The Bertz CT molecular complexity index is 1010. The summed E-state index contributed by atoms with van der Waals surface area (Å²) in [5, 5.41) is 14.2. The molecule has 0 aromatic carbocycles. The largest absolute Gasteiger partial charge is 0.480 e. The van der Waals surface area contributed by atoms with Crippen LogP contribution in [0, 0.1) is 29.6 Å². The number of amides is 2. The van der Waals surface area contributed by atoms with E-state index >= 15 is 0 Å². The van der Waals surface area contributed by atoms with Gasteiger partial charge in [0.1, 0.15) is 12.1 Å². The molecule has 0 radical (unpaired) electrons. The maximum absolute atomic E-state index is 12.9. The first-order chi connectivity index (χ1) is 19.3. The molecular weight excluding hydrogens is 556 g/mol. The van der Waals surface area contributed by atoms with Crippen LogP contribution in [0.4, 0.5) is 0 Å². The Balaban J connectivity index is 1.35. The third-order valence-corrected chi connectivity index (χ3v) is 9.42. The predicted molar refractivity (Wildman–Crippen MR) is 147 cm³/mol. The molecule has 10 atom stereocenters. The fourth-order valence-corrected chi connectivity index (χ4v) is 7.09. The average Bonchev–Trinajstić information content (AvgIpc) is 3.13. The van der Waals surface area contributed by atoms with Crippen molar-refractivity contribution in [3.05, 3.63) is 0 Å². The van der Waals surface area contributed by atoms with Crippen LogP contribution < -0.4 is 10.6 Å². The van der Waals surface area contributed by atoms with E-state index in [9.17, 15) is 24.3 Å². The highest BCUT2D eigenvalue weighted by atomic mass is 32.1. The van der Waals surface area contributed by atoms with Crippen molar-refractivity contribution in [2.45, 2.75) is 116 Å². The molecule has 0 aromatic rings. The van der Waals surface area contributed by atoms with Gasteiger partial charge in [0, 0.05) is 30.4 Å². The number of carboxylic acids is 1. The van der Waals surface area contributed by atoms with Crippen molar-refractivity contribution in [2.24, 2.45) is 29.6 Å². The minimum Gasteiger partial charge on any atom is -0.480 e. The number of carbonyl (C=O) groups excluding carboxylic acids is 3. The van der Waals surface area contributed by atoms with Crippen molar-refractivity contribution in [2.75, 3.05) is 5.75 Å². The van der Waals surface area contributed by atoms with Gasteiger partial charge in [0.2, 0.25) is 23.9 Å². The summed E-state index contributed by atoms with van der Waals surface area (Å²) in [4.78, 5) is 61.4. The van der Waals surface area contributed by atoms with Crippen molar-refractivity contribution in [1.82, 2.24) is 10.6 Å². The number of aliphatic carboxylic acids is 1. The van der Waals surface area contributed by atoms with E-state index in [2.05, 4.69) is 30.2 Å². The van der Waals surface area contributed by atoms with Gasteiger partial charge in [-0.05, 0) is 50.4 Å². The number of esters is 1. The Hall–Kier alpha value is -1.93. The number of ether oxygens (including phenoxy) is 3. The zero-order valence-electron chi connectivity index (χ0n) is 24.4. The van der Waals surface area contributed by atoms with Crippen LogP contribution in [-0.2, 0) is 43.2 Å². The van der Waals surface area contributed by atoms with E-state index in [0.29, 0.717) is 18.8 Å². The maximum Gasteiger partial charge on any atom is 0.327 e. The number of nitrogens with one attached hydrogen (secondary N) is 2. The van der Waals surface area contributed by atoms with Crippen LogP contribution in [-0.4, -0.2) is 70.7 Å². The van der Waals surface area contributed by atoms with E-state index in [1.807, 2.05) is 27.7 Å². The lowest BCUT2D eigenvalue weighted by molar-refractivity contribution is -0.576. The monoisotopic (exact) mass is 600 g/mol. The Kier molecular flexibility index (Phi) is 9.94. The van der Waals surface area contributed by atoms with Crippen LogP contribution in [0.25, 0.3) is 0 Å². The number of carboxylic acid groups (broad SMARTS) is 1. The van der Waals surface area contributed by atoms with Crippen LogP contribution in [0.3, 0.4) is 0 Å². The predicted octanol–water partition coefficient (Wildman–Crippen LogP) is 2.55. The van der Waals surface area contributed by atoms with Crippen molar-refractivity contribution in [1.29, 1.82) is 0 Å². The molecule has 41 heavy (non-hydrogen) atoms. The van der Waals surface area contributed by atoms with Gasteiger partial charge >= 0.3 is 11.9 Å². The lowest BCUT2D eigenvalue weighted by Gasteiger charge is -2.59. The smallest absolute Gasteiger partial charge is 0.327 e. The zero-order valence-corrected chi connectivity index (χ0v) is 25.3. The van der Waals surface area contributed by atoms with Gasteiger partial charge in [-0.3, -0.25) is 14.4 Å². The zero-order chi connectivity index (χ0) is 30.1. The molecule has 12 nitrogen and oxygen atoms in total. The van der Waals surface area contributed by atoms with Gasteiger partial charge in [0.15, 0.2) is 11.9 Å². The highest BCUT2D eigenvalue weighted by molar-refractivity contribution is 7.80. The number of thiol groups is 1. The van der Waals surface area contributed by atoms with E-state index in [1.165, 1.54) is 0 Å². The average molecular weight is 601 g/mol. The second kappa shape index (κ2) is 12.7. The summed E-state index contributed by atoms with van der Waals surface area (Å²) in [7, 11) is 0. The molecule has 5 rings (SSSR count). The molecule has 1 aliphatic carbocycles. The van der Waals surface area contributed by atoms with Crippen LogP contribution in [0.15, 0.2) is 0 Å². The third-order valence-electron chi connectivity index (χ3n) is 9.06. The normalized spacial score (nSPS) is 37.3. The molecule has 1 saturated carbocycles. The molecule has 0 aromatic heterocycles. The van der Waals surface area contributed by atoms with Crippen LogP contribution in [0.5, 0.6) is 0 Å². The van der Waals surface area contributed by atoms with Gasteiger partial charge in [-0.25, -0.2) is 14.6 Å². The Morgan fingerprint density at radius 3 is 2.41 bits per heavy atom. The second-order valence-corrected chi connectivity index (χ2v) is 13.0. The van der Waals surface area contributed by atoms with Crippen molar-refractivity contribution < 1.29 is 48.3 Å². The SMILES string of the molecule is CC(C)C[C@H](NC(=O)CCC(=O)O[C@@H]1O[C@H]2O[C@]3(C)CC[C@H]4[C@H](C)CC[C@H]([C@@H]1C)[C@@]24OO3)C(=O)N[C@@H](CS)C(=O)O. The summed E-state index contributed by atoms with van der Waals surface area (Å²) >= 11 is 3.96. The third kappa shape index (κ3) is 6.69. The number of hydrogen-bond donors (Lipinski definition) is 4. The fraction of sp³-hybridized carbons (Fsp3) is 0.857. The molecule has 4 heterocycles. The minimum atomic E-state index is -1.22. The standard InChI is InChI=1S/C28H44N2O10S/c1-14(2)12-19(23(33)30-20(13-41)24(34)35)29-21(31)8-9-22(32)36-25-16(4)18-7-6-15(3)17-10-11-27(5)38-26(37-25)28(17,18)40-39-27/h14-20,25-26,41H,6-13H2,1-5H3,(H,29,31)(H,30,33)(H,34,35)/t15-,16+,17+,18-,19+,20+,25-,26+,27+,28-/m1/s1. The van der Waals surface area contributed by atoms with E-state index in [1.54, 1.807) is 0 Å². The summed E-state index contributed by atoms with van der Waals surface area (Å²) < 4.78 is 18.3. The molecule has 2 bridgehead atoms. The quantitative estimate of drug-likeness (QED) is 0.158. The first-order valence-corrected chi connectivity index (χ1v) is 15.3. The van der Waals surface area contributed by atoms with Crippen LogP contribution in [0.1, 0.15) is 79.6 Å². The number of rotatable bonds is 11. The van der Waals surface area contributed by atoms with E-state index in [-0.39, 0.29) is 42.3 Å². The molecule has 4 aliphatic heterocycles. The molecule has 5 aliphatic rings. The van der Waals surface area contributed by atoms with Gasteiger partial charge in [-0.2, -0.15) is 12.6 Å². The molecule has 232 valence electrons. The number of carbonyl (C=O) groups is 4.